The topological polar surface area (TPSA) is 43.4 Å². The van der Waals surface area contributed by atoms with E-state index in [-0.39, 0.29) is 12.4 Å². The molecule has 0 fully saturated rings. The molecule has 0 rings (SSSR count). The van der Waals surface area contributed by atoms with Crippen molar-refractivity contribution < 1.29 is 21.9 Å². The standard InChI is InChI=1S/C11H21ClF2O3S/c1-3-5-11(6-4-2,9-18(12,15)16)8-17-7-10(13)14/h10H,3-9H2,1-2H3. The Morgan fingerprint density at radius 2 is 1.72 bits per heavy atom. The van der Waals surface area contributed by atoms with Crippen LogP contribution in [0.15, 0.2) is 0 Å². The number of halogens is 3. The lowest BCUT2D eigenvalue weighted by Crippen LogP contribution is -2.34. The largest absolute Gasteiger partial charge is 0.375 e. The molecule has 0 atom stereocenters. The number of ether oxygens (including phenoxy) is 1. The minimum Gasteiger partial charge on any atom is -0.375 e. The first-order chi connectivity index (χ1) is 8.24. The SMILES string of the molecule is CCCC(CCC)(COCC(F)F)CS(=O)(=O)Cl. The van der Waals surface area contributed by atoms with Crippen molar-refractivity contribution >= 4 is 19.7 Å². The Bertz CT molecular complexity index is 314. The van der Waals surface area contributed by atoms with Crippen LogP contribution in [0.25, 0.3) is 0 Å². The molecule has 0 N–H and O–H groups in total. The molecule has 0 aromatic heterocycles. The van der Waals surface area contributed by atoms with E-state index >= 15 is 0 Å². The van der Waals surface area contributed by atoms with Crippen LogP contribution in [0, 0.1) is 5.41 Å². The molecule has 3 nitrogen and oxygen atoms in total. The van der Waals surface area contributed by atoms with Crippen molar-refractivity contribution in [1.29, 1.82) is 0 Å². The summed E-state index contributed by atoms with van der Waals surface area (Å²) in [6.45, 7) is 3.17. The van der Waals surface area contributed by atoms with Gasteiger partial charge in [0, 0.05) is 16.1 Å². The van der Waals surface area contributed by atoms with Crippen molar-refractivity contribution in [2.45, 2.75) is 46.0 Å². The molecule has 18 heavy (non-hydrogen) atoms. The zero-order valence-corrected chi connectivity index (χ0v) is 12.4. The molecule has 0 saturated heterocycles. The second kappa shape index (κ2) is 8.27. The van der Waals surface area contributed by atoms with Crippen molar-refractivity contribution in [2.24, 2.45) is 5.41 Å². The summed E-state index contributed by atoms with van der Waals surface area (Å²) in [6, 6.07) is 0. The predicted octanol–water partition coefficient (Wildman–Crippen LogP) is 3.42. The average Bonchev–Trinajstić information content (AvgIpc) is 2.14. The molecule has 0 unspecified atom stereocenters. The highest BCUT2D eigenvalue weighted by Gasteiger charge is 2.34. The molecule has 0 aromatic rings. The Morgan fingerprint density at radius 3 is 2.06 bits per heavy atom. The van der Waals surface area contributed by atoms with Crippen molar-refractivity contribution in [3.05, 3.63) is 0 Å². The number of rotatable bonds is 10. The fourth-order valence-corrected chi connectivity index (χ4v) is 4.04. The van der Waals surface area contributed by atoms with E-state index in [2.05, 4.69) is 0 Å². The molecule has 7 heteroatoms. The van der Waals surface area contributed by atoms with Crippen LogP contribution in [-0.4, -0.2) is 33.8 Å². The van der Waals surface area contributed by atoms with E-state index < -0.39 is 27.5 Å². The van der Waals surface area contributed by atoms with Crippen molar-refractivity contribution in [3.8, 4) is 0 Å². The fourth-order valence-electron chi connectivity index (χ4n) is 2.25. The first-order valence-corrected chi connectivity index (χ1v) is 8.51. The van der Waals surface area contributed by atoms with E-state index in [0.717, 1.165) is 12.8 Å². The third-order valence-corrected chi connectivity index (χ3v) is 3.98. The lowest BCUT2D eigenvalue weighted by molar-refractivity contribution is -0.0204. The zero-order chi connectivity index (χ0) is 14.2. The van der Waals surface area contributed by atoms with Crippen molar-refractivity contribution in [1.82, 2.24) is 0 Å². The van der Waals surface area contributed by atoms with E-state index in [1.54, 1.807) is 0 Å². The minimum atomic E-state index is -3.67. The third-order valence-electron chi connectivity index (χ3n) is 2.69. The summed E-state index contributed by atoms with van der Waals surface area (Å²) in [6.07, 6.45) is 0.152. The Hall–Kier alpha value is 0.0600. The molecule has 0 heterocycles. The molecule has 0 aliphatic rings. The average molecular weight is 307 g/mol. The summed E-state index contributed by atoms with van der Waals surface area (Å²) >= 11 is 0. The van der Waals surface area contributed by atoms with Crippen LogP contribution in [0.2, 0.25) is 0 Å². The molecule has 0 bridgehead atoms. The van der Waals surface area contributed by atoms with Gasteiger partial charge in [0.2, 0.25) is 9.05 Å². The second-order valence-electron chi connectivity index (χ2n) is 4.59. The number of hydrogen-bond acceptors (Lipinski definition) is 3. The van der Waals surface area contributed by atoms with Crippen molar-refractivity contribution in [3.63, 3.8) is 0 Å². The maximum absolute atomic E-state index is 12.1. The Kier molecular flexibility index (Phi) is 8.30. The monoisotopic (exact) mass is 306 g/mol. The van der Waals surface area contributed by atoms with Crippen molar-refractivity contribution in [2.75, 3.05) is 19.0 Å². The molecular formula is C11H21ClF2O3S. The van der Waals surface area contributed by atoms with E-state index in [1.165, 1.54) is 0 Å². The van der Waals surface area contributed by atoms with E-state index in [0.29, 0.717) is 12.8 Å². The summed E-state index contributed by atoms with van der Waals surface area (Å²) in [4.78, 5) is 0. The van der Waals surface area contributed by atoms with Gasteiger partial charge >= 0.3 is 0 Å². The molecule has 0 aliphatic carbocycles. The first-order valence-electron chi connectivity index (χ1n) is 6.03. The van der Waals surface area contributed by atoms with Gasteiger partial charge in [0.15, 0.2) is 0 Å². The van der Waals surface area contributed by atoms with Crippen LogP contribution in [0.5, 0.6) is 0 Å². The maximum Gasteiger partial charge on any atom is 0.261 e. The summed E-state index contributed by atoms with van der Waals surface area (Å²) in [5.41, 5.74) is -0.654. The van der Waals surface area contributed by atoms with Gasteiger partial charge in [0.1, 0.15) is 6.61 Å². The molecule has 0 spiro atoms. The Labute approximate surface area is 112 Å². The Morgan fingerprint density at radius 1 is 1.22 bits per heavy atom. The summed E-state index contributed by atoms with van der Waals surface area (Å²) in [7, 11) is 1.63. The molecular weight excluding hydrogens is 286 g/mol. The van der Waals surface area contributed by atoms with Gasteiger partial charge in [-0.2, -0.15) is 0 Å². The van der Waals surface area contributed by atoms with Gasteiger partial charge < -0.3 is 4.74 Å². The minimum absolute atomic E-state index is 0.00493. The van der Waals surface area contributed by atoms with Gasteiger partial charge in [-0.05, 0) is 12.8 Å². The number of hydrogen-bond donors (Lipinski definition) is 0. The van der Waals surface area contributed by atoms with Crippen LogP contribution >= 0.6 is 10.7 Å². The highest BCUT2D eigenvalue weighted by Crippen LogP contribution is 2.33. The molecule has 0 amide bonds. The first kappa shape index (κ1) is 18.1. The van der Waals surface area contributed by atoms with E-state index in [4.69, 9.17) is 15.4 Å². The van der Waals surface area contributed by atoms with Gasteiger partial charge in [0.25, 0.3) is 6.43 Å². The fraction of sp³-hybridized carbons (Fsp3) is 1.00. The summed E-state index contributed by atoms with van der Waals surface area (Å²) in [5.74, 6) is -0.230. The molecule has 110 valence electrons. The van der Waals surface area contributed by atoms with Gasteiger partial charge in [-0.25, -0.2) is 17.2 Å². The Balaban J connectivity index is 4.73. The van der Waals surface area contributed by atoms with Gasteiger partial charge in [-0.1, -0.05) is 26.7 Å². The van der Waals surface area contributed by atoms with E-state index in [9.17, 15) is 17.2 Å². The smallest absolute Gasteiger partial charge is 0.261 e. The second-order valence-corrected chi connectivity index (χ2v) is 7.37. The van der Waals surface area contributed by atoms with Crippen LogP contribution in [-0.2, 0) is 13.8 Å². The normalized spacial score (nSPS) is 13.2. The maximum atomic E-state index is 12.1. The molecule has 0 aliphatic heterocycles. The summed E-state index contributed by atoms with van der Waals surface area (Å²) in [5, 5.41) is 0. The highest BCUT2D eigenvalue weighted by molar-refractivity contribution is 8.13. The molecule has 0 radical (unpaired) electrons. The number of alkyl halides is 2. The van der Waals surface area contributed by atoms with Crippen LogP contribution in [0.4, 0.5) is 8.78 Å². The quantitative estimate of drug-likeness (QED) is 0.581. The zero-order valence-electron chi connectivity index (χ0n) is 10.8. The van der Waals surface area contributed by atoms with Gasteiger partial charge in [0.05, 0.1) is 12.4 Å². The lowest BCUT2D eigenvalue weighted by Gasteiger charge is -2.32. The van der Waals surface area contributed by atoms with E-state index in [1.807, 2.05) is 13.8 Å². The van der Waals surface area contributed by atoms with Crippen LogP contribution in [0.3, 0.4) is 0 Å². The lowest BCUT2D eigenvalue weighted by atomic mass is 9.82. The summed E-state index contributed by atoms with van der Waals surface area (Å²) < 4.78 is 51.5. The highest BCUT2D eigenvalue weighted by atomic mass is 35.7. The third kappa shape index (κ3) is 8.21. The van der Waals surface area contributed by atoms with Crippen LogP contribution < -0.4 is 0 Å². The van der Waals surface area contributed by atoms with Crippen LogP contribution in [0.1, 0.15) is 39.5 Å². The van der Waals surface area contributed by atoms with Gasteiger partial charge in [-0.15, -0.1) is 0 Å². The molecule has 0 aromatic carbocycles. The van der Waals surface area contributed by atoms with Gasteiger partial charge in [-0.3, -0.25) is 0 Å². The predicted molar refractivity (Wildman–Crippen MR) is 68.7 cm³/mol. The molecule has 0 saturated carbocycles.